The van der Waals surface area contributed by atoms with Gasteiger partial charge < -0.3 is 4.74 Å². The molecule has 0 aromatic heterocycles. The summed E-state index contributed by atoms with van der Waals surface area (Å²) in [7, 11) is -2.60. The van der Waals surface area contributed by atoms with E-state index in [1.54, 1.807) is 12.1 Å². The van der Waals surface area contributed by atoms with Gasteiger partial charge in [-0.2, -0.15) is 4.31 Å². The molecule has 0 unspecified atom stereocenters. The summed E-state index contributed by atoms with van der Waals surface area (Å²) in [5.74, 6) is -0.622. The van der Waals surface area contributed by atoms with Crippen molar-refractivity contribution >= 4 is 33.4 Å². The van der Waals surface area contributed by atoms with E-state index >= 15 is 0 Å². The highest BCUT2D eigenvalue weighted by Gasteiger charge is 2.24. The molecule has 0 saturated carbocycles. The Morgan fingerprint density at radius 1 is 1.04 bits per heavy atom. The zero-order valence-electron chi connectivity index (χ0n) is 13.6. The lowest BCUT2D eigenvalue weighted by atomic mass is 10.2. The Morgan fingerprint density at radius 2 is 1.60 bits per heavy atom. The van der Waals surface area contributed by atoms with E-state index in [2.05, 4.69) is 0 Å². The minimum absolute atomic E-state index is 0.0145. The van der Waals surface area contributed by atoms with Crippen LogP contribution in [0, 0.1) is 0 Å². The van der Waals surface area contributed by atoms with Crippen LogP contribution in [0.4, 0.5) is 0 Å². The van der Waals surface area contributed by atoms with Crippen molar-refractivity contribution in [3.63, 3.8) is 0 Å². The van der Waals surface area contributed by atoms with Gasteiger partial charge in [0.15, 0.2) is 5.78 Å². The first-order valence-corrected chi connectivity index (χ1v) is 9.05. The number of rotatable bonds is 6. The Bertz CT molecular complexity index is 876. The SMILES string of the molecule is CC(=O)c1ccc(S(=O)(=O)N(C)CC(=O)Oc2ccc(Cl)cc2)cc1. The van der Waals surface area contributed by atoms with Crippen LogP contribution in [0.2, 0.25) is 5.02 Å². The molecule has 2 aromatic carbocycles. The van der Waals surface area contributed by atoms with Crippen LogP contribution in [-0.4, -0.2) is 38.1 Å². The van der Waals surface area contributed by atoms with E-state index in [0.29, 0.717) is 10.6 Å². The van der Waals surface area contributed by atoms with E-state index in [1.807, 2.05) is 0 Å². The van der Waals surface area contributed by atoms with Gasteiger partial charge in [0.25, 0.3) is 0 Å². The number of halogens is 1. The Labute approximate surface area is 151 Å². The van der Waals surface area contributed by atoms with Gasteiger partial charge in [0.1, 0.15) is 12.3 Å². The van der Waals surface area contributed by atoms with Crippen molar-refractivity contribution in [3.8, 4) is 5.75 Å². The third-order valence-electron chi connectivity index (χ3n) is 3.37. The third-order valence-corrected chi connectivity index (χ3v) is 5.44. The second-order valence-electron chi connectivity index (χ2n) is 5.27. The zero-order valence-corrected chi connectivity index (χ0v) is 15.2. The van der Waals surface area contributed by atoms with Crippen LogP contribution in [0.15, 0.2) is 53.4 Å². The normalized spacial score (nSPS) is 11.4. The average molecular weight is 382 g/mol. The molecule has 0 amide bonds. The fraction of sp³-hybridized carbons (Fsp3) is 0.176. The fourth-order valence-electron chi connectivity index (χ4n) is 1.97. The number of ketones is 1. The number of esters is 1. The van der Waals surface area contributed by atoms with Crippen LogP contribution in [-0.2, 0) is 14.8 Å². The molecule has 6 nitrogen and oxygen atoms in total. The van der Waals surface area contributed by atoms with E-state index in [-0.39, 0.29) is 16.4 Å². The lowest BCUT2D eigenvalue weighted by Crippen LogP contribution is -2.34. The van der Waals surface area contributed by atoms with Crippen LogP contribution >= 0.6 is 11.6 Å². The molecule has 0 aliphatic heterocycles. The number of likely N-dealkylation sites (N-methyl/N-ethyl adjacent to an activating group) is 1. The van der Waals surface area contributed by atoms with Gasteiger partial charge in [-0.15, -0.1) is 0 Å². The number of ether oxygens (including phenoxy) is 1. The summed E-state index contributed by atoms with van der Waals surface area (Å²) in [4.78, 5) is 23.2. The Morgan fingerprint density at radius 3 is 2.12 bits per heavy atom. The highest BCUT2D eigenvalue weighted by atomic mass is 35.5. The summed E-state index contributed by atoms with van der Waals surface area (Å²) in [6.07, 6.45) is 0. The van der Waals surface area contributed by atoms with Crippen molar-refractivity contribution in [2.75, 3.05) is 13.6 Å². The molecular formula is C17H16ClNO5S. The molecule has 0 N–H and O–H groups in total. The molecule has 0 radical (unpaired) electrons. The molecule has 0 fully saturated rings. The number of carbonyl (C=O) groups is 2. The summed E-state index contributed by atoms with van der Waals surface area (Å²) >= 11 is 5.74. The number of sulfonamides is 1. The van der Waals surface area contributed by atoms with Gasteiger partial charge in [0.05, 0.1) is 4.90 Å². The molecule has 2 rings (SSSR count). The van der Waals surface area contributed by atoms with E-state index in [4.69, 9.17) is 16.3 Å². The van der Waals surface area contributed by atoms with Gasteiger partial charge in [-0.25, -0.2) is 8.42 Å². The van der Waals surface area contributed by atoms with E-state index in [9.17, 15) is 18.0 Å². The van der Waals surface area contributed by atoms with Crippen molar-refractivity contribution in [2.24, 2.45) is 0 Å². The summed E-state index contributed by atoms with van der Waals surface area (Å²) in [6, 6.07) is 11.6. The largest absolute Gasteiger partial charge is 0.426 e. The summed E-state index contributed by atoms with van der Waals surface area (Å²) in [5, 5.41) is 0.494. The number of nitrogens with zero attached hydrogens (tertiary/aromatic N) is 1. The van der Waals surface area contributed by atoms with E-state index in [0.717, 1.165) is 4.31 Å². The molecule has 0 bridgehead atoms. The van der Waals surface area contributed by atoms with Crippen molar-refractivity contribution < 1.29 is 22.7 Å². The van der Waals surface area contributed by atoms with Crippen LogP contribution in [0.3, 0.4) is 0 Å². The topological polar surface area (TPSA) is 80.8 Å². The first kappa shape index (κ1) is 19.1. The van der Waals surface area contributed by atoms with E-state index < -0.39 is 22.5 Å². The minimum atomic E-state index is -3.88. The average Bonchev–Trinajstić information content (AvgIpc) is 2.57. The number of hydrogen-bond donors (Lipinski definition) is 0. The molecule has 0 atom stereocenters. The molecule has 0 saturated heterocycles. The molecule has 132 valence electrons. The monoisotopic (exact) mass is 381 g/mol. The quantitative estimate of drug-likeness (QED) is 0.436. The zero-order chi connectivity index (χ0) is 18.6. The van der Waals surface area contributed by atoms with Gasteiger partial charge in [-0.05, 0) is 43.3 Å². The molecule has 8 heteroatoms. The highest BCUT2D eigenvalue weighted by molar-refractivity contribution is 7.89. The maximum absolute atomic E-state index is 12.5. The predicted molar refractivity (Wildman–Crippen MR) is 93.3 cm³/mol. The minimum Gasteiger partial charge on any atom is -0.426 e. The van der Waals surface area contributed by atoms with Gasteiger partial charge >= 0.3 is 5.97 Å². The number of Topliss-reactive ketones (excluding diaryl/α,β-unsaturated/α-hetero) is 1. The van der Waals surface area contributed by atoms with Crippen molar-refractivity contribution in [3.05, 3.63) is 59.1 Å². The van der Waals surface area contributed by atoms with Crippen molar-refractivity contribution in [2.45, 2.75) is 11.8 Å². The molecule has 0 spiro atoms. The molecule has 25 heavy (non-hydrogen) atoms. The Balaban J connectivity index is 2.07. The summed E-state index contributed by atoms with van der Waals surface area (Å²) in [5.41, 5.74) is 0.406. The van der Waals surface area contributed by atoms with Gasteiger partial charge in [-0.1, -0.05) is 23.7 Å². The molecular weight excluding hydrogens is 366 g/mol. The lowest BCUT2D eigenvalue weighted by Gasteiger charge is -2.16. The summed E-state index contributed by atoms with van der Waals surface area (Å²) < 4.78 is 30.9. The second kappa shape index (κ2) is 7.77. The predicted octanol–water partition coefficient (Wildman–Crippen LogP) is 2.77. The first-order valence-electron chi connectivity index (χ1n) is 7.24. The highest BCUT2D eigenvalue weighted by Crippen LogP contribution is 2.18. The standard InChI is InChI=1S/C17H16ClNO5S/c1-12(20)13-3-9-16(10-4-13)25(22,23)19(2)11-17(21)24-15-7-5-14(18)6-8-15/h3-10H,11H2,1-2H3. The summed E-state index contributed by atoms with van der Waals surface area (Å²) in [6.45, 7) is 0.932. The van der Waals surface area contributed by atoms with Gasteiger partial charge in [0, 0.05) is 17.6 Å². The number of hydrogen-bond acceptors (Lipinski definition) is 5. The lowest BCUT2D eigenvalue weighted by molar-refractivity contribution is -0.134. The maximum atomic E-state index is 12.5. The van der Waals surface area contributed by atoms with Gasteiger partial charge in [0.2, 0.25) is 10.0 Å². The second-order valence-corrected chi connectivity index (χ2v) is 7.75. The van der Waals surface area contributed by atoms with Crippen LogP contribution in [0.25, 0.3) is 0 Å². The number of benzene rings is 2. The maximum Gasteiger partial charge on any atom is 0.326 e. The molecule has 0 aliphatic carbocycles. The molecule has 2 aromatic rings. The van der Waals surface area contributed by atoms with Crippen LogP contribution in [0.5, 0.6) is 5.75 Å². The molecule has 0 aliphatic rings. The van der Waals surface area contributed by atoms with Gasteiger partial charge in [-0.3, -0.25) is 9.59 Å². The van der Waals surface area contributed by atoms with Crippen molar-refractivity contribution in [1.29, 1.82) is 0 Å². The molecule has 0 heterocycles. The van der Waals surface area contributed by atoms with E-state index in [1.165, 1.54) is 50.4 Å². The fourth-order valence-corrected chi connectivity index (χ4v) is 3.22. The first-order chi connectivity index (χ1) is 11.7. The Hall–Kier alpha value is -2.22. The number of carbonyl (C=O) groups excluding carboxylic acids is 2. The van der Waals surface area contributed by atoms with Crippen LogP contribution < -0.4 is 4.74 Å². The van der Waals surface area contributed by atoms with Crippen molar-refractivity contribution in [1.82, 2.24) is 4.31 Å². The smallest absolute Gasteiger partial charge is 0.326 e. The van der Waals surface area contributed by atoms with Crippen LogP contribution in [0.1, 0.15) is 17.3 Å². The Kier molecular flexibility index (Phi) is 5.94. The third kappa shape index (κ3) is 4.88.